The summed E-state index contributed by atoms with van der Waals surface area (Å²) in [5.41, 5.74) is 0.0180. The molecule has 0 bridgehead atoms. The lowest BCUT2D eigenvalue weighted by Crippen LogP contribution is -2.61. The molecule has 4 rings (SSSR count). The highest BCUT2D eigenvalue weighted by Gasteiger charge is 2.64. The summed E-state index contributed by atoms with van der Waals surface area (Å²) >= 11 is 0. The minimum Gasteiger partial charge on any atom is -0.393 e. The van der Waals surface area contributed by atoms with Crippen molar-refractivity contribution in [2.75, 3.05) is 12.3 Å². The normalized spacial score (nSPS) is 45.1. The molecule has 4 aliphatic rings. The Labute approximate surface area is 198 Å². The monoisotopic (exact) mass is 485 g/mol. The van der Waals surface area contributed by atoms with Crippen LogP contribution in [-0.2, 0) is 14.9 Å². The molecule has 0 aromatic heterocycles. The molecule has 190 valence electrons. The molecule has 4 aliphatic carbocycles. The molecule has 4 saturated carbocycles. The fourth-order valence-corrected chi connectivity index (χ4v) is 9.10. The van der Waals surface area contributed by atoms with Crippen LogP contribution in [0.1, 0.15) is 84.5 Å². The summed E-state index contributed by atoms with van der Waals surface area (Å²) in [5.74, 6) is 1.22. The minimum absolute atomic E-state index is 0.0830. The average molecular weight is 486 g/mol. The van der Waals surface area contributed by atoms with E-state index in [-0.39, 0.29) is 41.4 Å². The molecule has 0 heterocycles. The van der Waals surface area contributed by atoms with Gasteiger partial charge in [-0.1, -0.05) is 26.7 Å². The summed E-state index contributed by atoms with van der Waals surface area (Å²) in [7, 11) is -4.07. The van der Waals surface area contributed by atoms with Crippen molar-refractivity contribution in [2.45, 2.75) is 96.7 Å². The van der Waals surface area contributed by atoms with Crippen LogP contribution in [0.25, 0.3) is 0 Å². The number of rotatable bonds is 7. The molecule has 7 nitrogen and oxygen atoms in total. The molecule has 9 atom stereocenters. The number of aliphatic hydroxyl groups excluding tert-OH is 2. The maximum absolute atomic E-state index is 12.1. The van der Waals surface area contributed by atoms with Gasteiger partial charge in [0.25, 0.3) is 10.1 Å². The largest absolute Gasteiger partial charge is 0.393 e. The smallest absolute Gasteiger partial charge is 0.266 e. The van der Waals surface area contributed by atoms with Gasteiger partial charge in [-0.25, -0.2) is 0 Å². The van der Waals surface area contributed by atoms with E-state index in [9.17, 15) is 23.4 Å². The molecule has 0 aliphatic heterocycles. The van der Waals surface area contributed by atoms with Crippen molar-refractivity contribution < 1.29 is 28.0 Å². The molecule has 0 radical (unpaired) electrons. The second-order valence-corrected chi connectivity index (χ2v) is 13.5. The first-order chi connectivity index (χ1) is 15.5. The van der Waals surface area contributed by atoms with E-state index in [0.29, 0.717) is 36.5 Å². The Kier molecular flexibility index (Phi) is 7.23. The van der Waals surface area contributed by atoms with Crippen molar-refractivity contribution in [1.29, 1.82) is 0 Å². The highest BCUT2D eigenvalue weighted by molar-refractivity contribution is 7.85. The predicted octanol–water partition coefficient (Wildman–Crippen LogP) is 3.15. The highest BCUT2D eigenvalue weighted by atomic mass is 32.2. The van der Waals surface area contributed by atoms with Crippen LogP contribution in [0, 0.1) is 40.4 Å². The van der Waals surface area contributed by atoms with Gasteiger partial charge in [-0.05, 0) is 91.8 Å². The second kappa shape index (κ2) is 9.40. The van der Waals surface area contributed by atoms with Gasteiger partial charge in [-0.2, -0.15) is 8.42 Å². The van der Waals surface area contributed by atoms with E-state index >= 15 is 0 Å². The van der Waals surface area contributed by atoms with Crippen LogP contribution in [-0.4, -0.2) is 53.6 Å². The Hall–Kier alpha value is -0.700. The Morgan fingerprint density at radius 3 is 2.55 bits per heavy atom. The van der Waals surface area contributed by atoms with Gasteiger partial charge in [0.1, 0.15) is 0 Å². The zero-order valence-electron chi connectivity index (χ0n) is 20.2. The third-order valence-corrected chi connectivity index (χ3v) is 11.3. The quantitative estimate of drug-likeness (QED) is 0.411. The molecular weight excluding hydrogens is 442 g/mol. The van der Waals surface area contributed by atoms with Gasteiger partial charge >= 0.3 is 0 Å². The van der Waals surface area contributed by atoms with E-state index in [1.54, 1.807) is 0 Å². The third kappa shape index (κ3) is 4.74. The van der Waals surface area contributed by atoms with Crippen molar-refractivity contribution in [2.24, 2.45) is 40.4 Å². The van der Waals surface area contributed by atoms with Crippen LogP contribution in [0.15, 0.2) is 0 Å². The fourth-order valence-electron chi connectivity index (χ4n) is 8.74. The molecular formula is C25H43NO6S. The maximum Gasteiger partial charge on any atom is 0.266 e. The number of aliphatic hydroxyl groups is 2. The van der Waals surface area contributed by atoms with E-state index in [1.807, 2.05) is 0 Å². The van der Waals surface area contributed by atoms with E-state index < -0.39 is 15.9 Å². The topological polar surface area (TPSA) is 124 Å². The average Bonchev–Trinajstić information content (AvgIpc) is 3.06. The van der Waals surface area contributed by atoms with E-state index in [2.05, 4.69) is 19.2 Å². The molecule has 1 amide bonds. The van der Waals surface area contributed by atoms with Gasteiger partial charge in [0.2, 0.25) is 5.91 Å². The number of fused-ring (bicyclic) bond motifs is 5. The van der Waals surface area contributed by atoms with Gasteiger partial charge in [0.15, 0.2) is 0 Å². The van der Waals surface area contributed by atoms with E-state index in [1.165, 1.54) is 25.7 Å². The maximum atomic E-state index is 12.1. The van der Waals surface area contributed by atoms with Gasteiger partial charge < -0.3 is 15.5 Å². The van der Waals surface area contributed by atoms with Gasteiger partial charge in [0.05, 0.1) is 18.0 Å². The summed E-state index contributed by atoms with van der Waals surface area (Å²) in [5, 5.41) is 25.3. The highest BCUT2D eigenvalue weighted by Crippen LogP contribution is 2.67. The Balaban J connectivity index is 1.38. The molecule has 0 saturated heterocycles. The lowest BCUT2D eigenvalue weighted by molar-refractivity contribution is -0.198. The van der Waals surface area contributed by atoms with Crippen LogP contribution in [0.5, 0.6) is 0 Å². The first-order valence-corrected chi connectivity index (χ1v) is 14.7. The van der Waals surface area contributed by atoms with Crippen molar-refractivity contribution in [3.05, 3.63) is 0 Å². The second-order valence-electron chi connectivity index (χ2n) is 12.0. The van der Waals surface area contributed by atoms with Gasteiger partial charge in [-0.15, -0.1) is 0 Å². The number of hydrogen-bond donors (Lipinski definition) is 4. The molecule has 4 fully saturated rings. The summed E-state index contributed by atoms with van der Waals surface area (Å²) in [6, 6.07) is 0. The summed E-state index contributed by atoms with van der Waals surface area (Å²) in [6.45, 7) is 4.58. The van der Waals surface area contributed by atoms with Crippen LogP contribution < -0.4 is 5.32 Å². The van der Waals surface area contributed by atoms with Crippen molar-refractivity contribution in [1.82, 2.24) is 5.32 Å². The van der Waals surface area contributed by atoms with Crippen molar-refractivity contribution >= 4 is 16.0 Å². The zero-order valence-corrected chi connectivity index (χ0v) is 21.0. The number of carbonyl (C=O) groups excluding carboxylic acids is 1. The van der Waals surface area contributed by atoms with Crippen molar-refractivity contribution in [3.63, 3.8) is 0 Å². The number of amides is 1. The van der Waals surface area contributed by atoms with Crippen LogP contribution in [0.2, 0.25) is 0 Å². The summed E-state index contributed by atoms with van der Waals surface area (Å²) in [4.78, 5) is 12.1. The van der Waals surface area contributed by atoms with Crippen molar-refractivity contribution in [3.8, 4) is 0 Å². The standard InChI is InChI=1S/C25H43NO6S/c1-24-11-4-3-6-17(24)14-20(27)23-18-10-9-16(25(18,2)21(28)15-19(23)24)7-5-8-22(29)26-12-13-33(30,31)32/h16-21,23,27-28H,3-15H2,1-2H3,(H,26,29)(H,30,31,32). The number of nitrogens with one attached hydrogen (secondary N) is 1. The Morgan fingerprint density at radius 2 is 1.82 bits per heavy atom. The number of carbonyl (C=O) groups is 1. The summed E-state index contributed by atoms with van der Waals surface area (Å²) in [6.07, 6.45) is 9.93. The first kappa shape index (κ1) is 25.4. The summed E-state index contributed by atoms with van der Waals surface area (Å²) < 4.78 is 30.3. The van der Waals surface area contributed by atoms with E-state index in [0.717, 1.165) is 32.1 Å². The van der Waals surface area contributed by atoms with Crippen LogP contribution in [0.3, 0.4) is 0 Å². The number of hydrogen-bond acceptors (Lipinski definition) is 5. The van der Waals surface area contributed by atoms with E-state index in [4.69, 9.17) is 4.55 Å². The molecule has 4 N–H and O–H groups in total. The van der Waals surface area contributed by atoms with Crippen LogP contribution >= 0.6 is 0 Å². The lowest BCUT2D eigenvalue weighted by atomic mass is 9.43. The zero-order chi connectivity index (χ0) is 24.0. The molecule has 0 aromatic carbocycles. The lowest BCUT2D eigenvalue weighted by Gasteiger charge is -2.63. The molecule has 33 heavy (non-hydrogen) atoms. The van der Waals surface area contributed by atoms with Gasteiger partial charge in [-0.3, -0.25) is 9.35 Å². The third-order valence-electron chi connectivity index (χ3n) is 10.5. The molecule has 0 aromatic rings. The Morgan fingerprint density at radius 1 is 1.06 bits per heavy atom. The predicted molar refractivity (Wildman–Crippen MR) is 126 cm³/mol. The molecule has 9 unspecified atom stereocenters. The SMILES string of the molecule is CC12CCCCC1CC(O)C1C2CC(O)C2(C)C(CCCC(=O)NCCS(=O)(=O)O)CCC12. The fraction of sp³-hybridized carbons (Fsp3) is 0.960. The minimum atomic E-state index is -4.07. The Bertz CT molecular complexity index is 833. The molecule has 0 spiro atoms. The van der Waals surface area contributed by atoms with Crippen LogP contribution in [0.4, 0.5) is 0 Å². The first-order valence-electron chi connectivity index (χ1n) is 13.0. The van der Waals surface area contributed by atoms with Gasteiger partial charge in [0, 0.05) is 13.0 Å². The molecule has 8 heteroatoms.